The minimum absolute atomic E-state index is 0.589. The second-order valence-electron chi connectivity index (χ2n) is 6.13. The van der Waals surface area contributed by atoms with Gasteiger partial charge in [-0.2, -0.15) is 0 Å². The van der Waals surface area contributed by atoms with E-state index in [1.165, 1.54) is 61.9 Å². The van der Waals surface area contributed by atoms with Crippen molar-refractivity contribution in [2.75, 3.05) is 13.6 Å². The van der Waals surface area contributed by atoms with Crippen LogP contribution in [0, 0.1) is 13.8 Å². The third-order valence-electron chi connectivity index (χ3n) is 4.53. The molecule has 3 heteroatoms. The van der Waals surface area contributed by atoms with Crippen LogP contribution in [0.25, 0.3) is 0 Å². The number of likely N-dealkylation sites (N-methyl/N-ethyl adjacent to an activating group) is 1. The number of rotatable bonds is 4. The summed E-state index contributed by atoms with van der Waals surface area (Å²) in [5, 5.41) is 3.21. The van der Waals surface area contributed by atoms with Crippen molar-refractivity contribution in [2.24, 2.45) is 0 Å². The molecule has 1 saturated carbocycles. The van der Waals surface area contributed by atoms with E-state index in [4.69, 9.17) is 9.97 Å². The molecule has 1 fully saturated rings. The normalized spacial score (nSPS) is 17.8. The fourth-order valence-corrected chi connectivity index (χ4v) is 3.27. The zero-order valence-corrected chi connectivity index (χ0v) is 13.3. The van der Waals surface area contributed by atoms with Crippen LogP contribution in [0.5, 0.6) is 0 Å². The van der Waals surface area contributed by atoms with E-state index in [0.29, 0.717) is 5.92 Å². The van der Waals surface area contributed by atoms with Gasteiger partial charge >= 0.3 is 0 Å². The molecule has 1 aromatic rings. The first-order valence-electron chi connectivity index (χ1n) is 8.21. The molecule has 1 aliphatic rings. The van der Waals surface area contributed by atoms with Gasteiger partial charge in [-0.1, -0.05) is 32.1 Å². The lowest BCUT2D eigenvalue weighted by Gasteiger charge is -2.20. The predicted molar refractivity (Wildman–Crippen MR) is 84.2 cm³/mol. The molecule has 0 atom stereocenters. The van der Waals surface area contributed by atoms with Crippen molar-refractivity contribution in [1.82, 2.24) is 15.3 Å². The van der Waals surface area contributed by atoms with Crippen LogP contribution in [-0.4, -0.2) is 23.6 Å². The summed E-state index contributed by atoms with van der Waals surface area (Å²) in [4.78, 5) is 9.69. The molecule has 0 aromatic carbocycles. The average Bonchev–Trinajstić information content (AvgIpc) is 2.37. The Morgan fingerprint density at radius 3 is 2.05 bits per heavy atom. The highest BCUT2D eigenvalue weighted by molar-refractivity contribution is 5.25. The Kier molecular flexibility index (Phi) is 5.96. The first-order chi connectivity index (χ1) is 9.72. The Bertz CT molecular complexity index is 397. The quantitative estimate of drug-likeness (QED) is 0.911. The Labute approximate surface area is 123 Å². The highest BCUT2D eigenvalue weighted by Crippen LogP contribution is 2.29. The average molecular weight is 275 g/mol. The molecular weight excluding hydrogens is 246 g/mol. The van der Waals surface area contributed by atoms with Gasteiger partial charge in [0.25, 0.3) is 0 Å². The summed E-state index contributed by atoms with van der Waals surface area (Å²) in [6.45, 7) is 5.28. The Balaban J connectivity index is 2.15. The summed E-state index contributed by atoms with van der Waals surface area (Å²) in [7, 11) is 1.99. The maximum atomic E-state index is 4.84. The van der Waals surface area contributed by atoms with Crippen LogP contribution in [-0.2, 0) is 6.42 Å². The summed E-state index contributed by atoms with van der Waals surface area (Å²) in [6, 6.07) is 0. The van der Waals surface area contributed by atoms with Crippen molar-refractivity contribution < 1.29 is 0 Å². The molecule has 1 N–H and O–H groups in total. The number of aryl methyl sites for hydroxylation is 2. The molecule has 0 aliphatic heterocycles. The Hall–Kier alpha value is -0.960. The SMILES string of the molecule is CNCCc1c(C)nc(C2CCCCCCC2)nc1C. The molecular formula is C17H29N3. The smallest absolute Gasteiger partial charge is 0.131 e. The first kappa shape index (κ1) is 15.4. The van der Waals surface area contributed by atoms with Crippen molar-refractivity contribution in [3.8, 4) is 0 Å². The second-order valence-corrected chi connectivity index (χ2v) is 6.13. The molecule has 0 amide bonds. The lowest BCUT2D eigenvalue weighted by atomic mass is 9.90. The number of nitrogens with zero attached hydrogens (tertiary/aromatic N) is 2. The van der Waals surface area contributed by atoms with Gasteiger partial charge in [0.15, 0.2) is 0 Å². The van der Waals surface area contributed by atoms with Gasteiger partial charge in [0.2, 0.25) is 0 Å². The van der Waals surface area contributed by atoms with Gasteiger partial charge in [0.1, 0.15) is 5.82 Å². The summed E-state index contributed by atoms with van der Waals surface area (Å²) < 4.78 is 0. The summed E-state index contributed by atoms with van der Waals surface area (Å²) in [5.41, 5.74) is 3.70. The number of nitrogens with one attached hydrogen (secondary N) is 1. The zero-order chi connectivity index (χ0) is 14.4. The fraction of sp³-hybridized carbons (Fsp3) is 0.765. The molecule has 112 valence electrons. The van der Waals surface area contributed by atoms with E-state index >= 15 is 0 Å². The minimum Gasteiger partial charge on any atom is -0.319 e. The molecule has 0 saturated heterocycles. The molecule has 1 aromatic heterocycles. The fourth-order valence-electron chi connectivity index (χ4n) is 3.27. The monoisotopic (exact) mass is 275 g/mol. The summed E-state index contributed by atoms with van der Waals surface area (Å²) in [5.74, 6) is 1.70. The van der Waals surface area contributed by atoms with Gasteiger partial charge in [0.05, 0.1) is 0 Å². The highest BCUT2D eigenvalue weighted by Gasteiger charge is 2.18. The third kappa shape index (κ3) is 4.02. The van der Waals surface area contributed by atoms with Crippen molar-refractivity contribution in [3.05, 3.63) is 22.8 Å². The largest absolute Gasteiger partial charge is 0.319 e. The predicted octanol–water partition coefficient (Wildman–Crippen LogP) is 3.68. The topological polar surface area (TPSA) is 37.8 Å². The molecule has 3 nitrogen and oxygen atoms in total. The Morgan fingerprint density at radius 2 is 1.50 bits per heavy atom. The molecule has 1 aliphatic carbocycles. The minimum atomic E-state index is 0.589. The van der Waals surface area contributed by atoms with Crippen LogP contribution in [0.3, 0.4) is 0 Å². The Morgan fingerprint density at radius 1 is 0.950 bits per heavy atom. The van der Waals surface area contributed by atoms with Crippen molar-refractivity contribution in [1.29, 1.82) is 0 Å². The van der Waals surface area contributed by atoms with Crippen LogP contribution in [0.2, 0.25) is 0 Å². The van der Waals surface area contributed by atoms with Gasteiger partial charge in [-0.15, -0.1) is 0 Å². The van der Waals surface area contributed by atoms with Crippen molar-refractivity contribution >= 4 is 0 Å². The van der Waals surface area contributed by atoms with Gasteiger partial charge in [-0.25, -0.2) is 9.97 Å². The number of hydrogen-bond donors (Lipinski definition) is 1. The van der Waals surface area contributed by atoms with Gasteiger partial charge < -0.3 is 5.32 Å². The molecule has 0 radical (unpaired) electrons. The first-order valence-corrected chi connectivity index (χ1v) is 8.21. The standard InChI is InChI=1S/C17H29N3/c1-13-16(11-12-18-3)14(2)20-17(19-13)15-9-7-5-4-6-8-10-15/h15,18H,4-12H2,1-3H3. The molecule has 1 heterocycles. The van der Waals surface area contributed by atoms with Crippen LogP contribution in [0.15, 0.2) is 0 Å². The van der Waals surface area contributed by atoms with E-state index in [-0.39, 0.29) is 0 Å². The van der Waals surface area contributed by atoms with E-state index in [1.807, 2.05) is 7.05 Å². The number of aromatic nitrogens is 2. The summed E-state index contributed by atoms with van der Waals surface area (Å²) in [6.07, 6.45) is 10.4. The van der Waals surface area contributed by atoms with E-state index < -0.39 is 0 Å². The van der Waals surface area contributed by atoms with Crippen LogP contribution >= 0.6 is 0 Å². The molecule has 0 bridgehead atoms. The molecule has 20 heavy (non-hydrogen) atoms. The van der Waals surface area contributed by atoms with E-state index in [2.05, 4.69) is 19.2 Å². The lowest BCUT2D eigenvalue weighted by Crippen LogP contribution is -2.15. The van der Waals surface area contributed by atoms with Gasteiger partial charge in [-0.3, -0.25) is 0 Å². The van der Waals surface area contributed by atoms with E-state index in [0.717, 1.165) is 18.8 Å². The zero-order valence-electron chi connectivity index (χ0n) is 13.3. The van der Waals surface area contributed by atoms with E-state index in [9.17, 15) is 0 Å². The van der Waals surface area contributed by atoms with E-state index in [1.54, 1.807) is 0 Å². The van der Waals surface area contributed by atoms with Crippen molar-refractivity contribution in [3.63, 3.8) is 0 Å². The molecule has 2 rings (SSSR count). The molecule has 0 unspecified atom stereocenters. The second kappa shape index (κ2) is 7.72. The van der Waals surface area contributed by atoms with Crippen molar-refractivity contribution in [2.45, 2.75) is 71.1 Å². The van der Waals surface area contributed by atoms with Gasteiger partial charge in [0, 0.05) is 17.3 Å². The van der Waals surface area contributed by atoms with Gasteiger partial charge in [-0.05, 0) is 52.3 Å². The number of hydrogen-bond acceptors (Lipinski definition) is 3. The lowest BCUT2D eigenvalue weighted by molar-refractivity contribution is 0.440. The van der Waals surface area contributed by atoms with Crippen LogP contribution in [0.4, 0.5) is 0 Å². The van der Waals surface area contributed by atoms with Crippen LogP contribution in [0.1, 0.15) is 73.6 Å². The summed E-state index contributed by atoms with van der Waals surface area (Å²) >= 11 is 0. The van der Waals surface area contributed by atoms with Crippen LogP contribution < -0.4 is 5.32 Å². The molecule has 0 spiro atoms. The maximum absolute atomic E-state index is 4.84. The maximum Gasteiger partial charge on any atom is 0.131 e. The third-order valence-corrected chi connectivity index (χ3v) is 4.53. The highest BCUT2D eigenvalue weighted by atomic mass is 14.9.